The smallest absolute Gasteiger partial charge is 0.164 e. The highest BCUT2D eigenvalue weighted by Crippen LogP contribution is 2.46. The number of aromatic nitrogens is 5. The standard InChI is InChI=1S/C55H33N5O/c1-4-17-34(18-5-1)53-56-54(35-19-6-2-7-20-35)58-55(57-53)41-27-16-30-48-49(41)42-33-47(37-23-10-11-24-38(37)52(42)61-48)60-44-29-15-13-26-40(44)51-46(60)32-31-45-50(51)39-25-12-14-28-43(39)59(45)36-21-8-3-9-22-36/h1-33H. The van der Waals surface area contributed by atoms with Crippen molar-refractivity contribution in [1.82, 2.24) is 24.1 Å². The third-order valence-corrected chi connectivity index (χ3v) is 12.1. The second kappa shape index (κ2) is 13.1. The molecule has 4 heterocycles. The van der Waals surface area contributed by atoms with E-state index in [1.807, 2.05) is 72.8 Å². The van der Waals surface area contributed by atoms with Gasteiger partial charge in [0.2, 0.25) is 0 Å². The lowest BCUT2D eigenvalue weighted by Gasteiger charge is -2.13. The lowest BCUT2D eigenvalue weighted by atomic mass is 10.0. The van der Waals surface area contributed by atoms with Gasteiger partial charge in [-0.1, -0.05) is 152 Å². The zero-order valence-corrected chi connectivity index (χ0v) is 32.7. The maximum absolute atomic E-state index is 6.87. The van der Waals surface area contributed by atoms with Gasteiger partial charge in [0.1, 0.15) is 11.2 Å². The number of hydrogen-bond donors (Lipinski definition) is 0. The van der Waals surface area contributed by atoms with E-state index >= 15 is 0 Å². The van der Waals surface area contributed by atoms with Gasteiger partial charge < -0.3 is 13.6 Å². The number of nitrogens with zero attached hydrogens (tertiary/aromatic N) is 5. The Morgan fingerprint density at radius 2 is 0.852 bits per heavy atom. The molecule has 0 radical (unpaired) electrons. The molecule has 9 aromatic carbocycles. The molecular formula is C55H33N5O. The van der Waals surface area contributed by atoms with Crippen LogP contribution in [0.15, 0.2) is 205 Å². The van der Waals surface area contributed by atoms with Crippen LogP contribution < -0.4 is 0 Å². The van der Waals surface area contributed by atoms with E-state index in [4.69, 9.17) is 19.4 Å². The van der Waals surface area contributed by atoms with Crippen LogP contribution in [0.4, 0.5) is 0 Å². The number of hydrogen-bond acceptors (Lipinski definition) is 4. The Balaban J connectivity index is 1.13. The Kier molecular flexibility index (Phi) is 7.21. The SMILES string of the molecule is c1ccc(-c2nc(-c3ccccc3)nc(-c3cccc4oc5c6ccccc6c(-n6c7ccccc7c7c8c9ccccc9n(-c9ccccc9)c8ccc76)cc5c34)n2)cc1. The third kappa shape index (κ3) is 5.00. The van der Waals surface area contributed by atoms with Crippen molar-refractivity contribution in [3.8, 4) is 45.5 Å². The minimum atomic E-state index is 0.588. The van der Waals surface area contributed by atoms with Crippen LogP contribution >= 0.6 is 0 Å². The molecule has 0 saturated carbocycles. The van der Waals surface area contributed by atoms with Crippen molar-refractivity contribution >= 4 is 76.3 Å². The molecule has 0 N–H and O–H groups in total. The second-order valence-corrected chi connectivity index (χ2v) is 15.5. The molecule has 0 amide bonds. The summed E-state index contributed by atoms with van der Waals surface area (Å²) in [5, 5.41) is 8.99. The fourth-order valence-electron chi connectivity index (χ4n) is 9.56. The molecule has 0 aliphatic heterocycles. The van der Waals surface area contributed by atoms with Crippen molar-refractivity contribution in [3.05, 3.63) is 200 Å². The first kappa shape index (κ1) is 33.6. The molecule has 13 rings (SSSR count). The van der Waals surface area contributed by atoms with Gasteiger partial charge in [-0.2, -0.15) is 0 Å². The van der Waals surface area contributed by atoms with Crippen LogP contribution in [0, 0.1) is 0 Å². The van der Waals surface area contributed by atoms with E-state index in [0.29, 0.717) is 17.5 Å². The summed E-state index contributed by atoms with van der Waals surface area (Å²) in [5.41, 5.74) is 11.2. The Labute approximate surface area is 349 Å². The van der Waals surface area contributed by atoms with E-state index in [0.717, 1.165) is 71.8 Å². The molecule has 13 aromatic rings. The topological polar surface area (TPSA) is 61.7 Å². The summed E-state index contributed by atoms with van der Waals surface area (Å²) in [6.45, 7) is 0. The minimum absolute atomic E-state index is 0.588. The molecule has 0 aliphatic carbocycles. The van der Waals surface area contributed by atoms with Crippen LogP contribution in [0.2, 0.25) is 0 Å². The molecular weight excluding hydrogens is 747 g/mol. The second-order valence-electron chi connectivity index (χ2n) is 15.5. The average Bonchev–Trinajstić information content (AvgIpc) is 4.00. The zero-order chi connectivity index (χ0) is 40.0. The van der Waals surface area contributed by atoms with E-state index in [1.54, 1.807) is 0 Å². The molecule has 0 aliphatic rings. The van der Waals surface area contributed by atoms with Crippen LogP contribution in [0.5, 0.6) is 0 Å². The first-order chi connectivity index (χ1) is 30.3. The average molecular weight is 780 g/mol. The van der Waals surface area contributed by atoms with Gasteiger partial charge in [0.05, 0.1) is 27.8 Å². The van der Waals surface area contributed by atoms with Crippen molar-refractivity contribution in [2.24, 2.45) is 0 Å². The molecule has 0 atom stereocenters. The Hall–Kier alpha value is -8.35. The minimum Gasteiger partial charge on any atom is -0.455 e. The van der Waals surface area contributed by atoms with Crippen molar-refractivity contribution in [2.45, 2.75) is 0 Å². The highest BCUT2D eigenvalue weighted by Gasteiger charge is 2.24. The van der Waals surface area contributed by atoms with Crippen molar-refractivity contribution in [3.63, 3.8) is 0 Å². The molecule has 61 heavy (non-hydrogen) atoms. The van der Waals surface area contributed by atoms with Crippen LogP contribution in [-0.4, -0.2) is 24.1 Å². The fourth-order valence-corrected chi connectivity index (χ4v) is 9.56. The first-order valence-corrected chi connectivity index (χ1v) is 20.5. The Morgan fingerprint density at radius 3 is 1.49 bits per heavy atom. The van der Waals surface area contributed by atoms with E-state index in [1.165, 1.54) is 32.6 Å². The maximum atomic E-state index is 6.87. The lowest BCUT2D eigenvalue weighted by molar-refractivity contribution is 0.672. The summed E-state index contributed by atoms with van der Waals surface area (Å²) in [6, 6.07) is 70.2. The Bertz CT molecular complexity index is 3810. The van der Waals surface area contributed by atoms with Crippen LogP contribution in [-0.2, 0) is 0 Å². The molecule has 6 nitrogen and oxygen atoms in total. The third-order valence-electron chi connectivity index (χ3n) is 12.1. The van der Waals surface area contributed by atoms with Gasteiger partial charge in [-0.15, -0.1) is 0 Å². The Morgan fingerprint density at radius 1 is 0.344 bits per heavy atom. The largest absolute Gasteiger partial charge is 0.455 e. The number of benzene rings is 9. The monoisotopic (exact) mass is 779 g/mol. The summed E-state index contributed by atoms with van der Waals surface area (Å²) in [4.78, 5) is 15.3. The number of fused-ring (bicyclic) bond motifs is 12. The molecule has 0 bridgehead atoms. The summed E-state index contributed by atoms with van der Waals surface area (Å²) in [7, 11) is 0. The number of furan rings is 1. The van der Waals surface area contributed by atoms with Gasteiger partial charge in [0.15, 0.2) is 17.5 Å². The molecule has 0 spiro atoms. The van der Waals surface area contributed by atoms with Gasteiger partial charge in [0.25, 0.3) is 0 Å². The fraction of sp³-hybridized carbons (Fsp3) is 0. The first-order valence-electron chi connectivity index (χ1n) is 20.5. The van der Waals surface area contributed by atoms with E-state index in [-0.39, 0.29) is 0 Å². The van der Waals surface area contributed by atoms with Crippen LogP contribution in [0.3, 0.4) is 0 Å². The maximum Gasteiger partial charge on any atom is 0.164 e. The van der Waals surface area contributed by atoms with Crippen molar-refractivity contribution in [1.29, 1.82) is 0 Å². The summed E-state index contributed by atoms with van der Waals surface area (Å²) in [6.07, 6.45) is 0. The molecule has 0 saturated heterocycles. The van der Waals surface area contributed by atoms with E-state index in [9.17, 15) is 0 Å². The summed E-state index contributed by atoms with van der Waals surface area (Å²) < 4.78 is 11.7. The predicted octanol–water partition coefficient (Wildman–Crippen LogP) is 14.1. The summed E-state index contributed by atoms with van der Waals surface area (Å²) in [5.74, 6) is 1.82. The highest BCUT2D eigenvalue weighted by atomic mass is 16.3. The van der Waals surface area contributed by atoms with Crippen LogP contribution in [0.1, 0.15) is 0 Å². The summed E-state index contributed by atoms with van der Waals surface area (Å²) >= 11 is 0. The number of rotatable bonds is 5. The van der Waals surface area contributed by atoms with Crippen molar-refractivity contribution < 1.29 is 4.42 Å². The van der Waals surface area contributed by atoms with Gasteiger partial charge in [-0.25, -0.2) is 15.0 Å². The normalized spacial score (nSPS) is 11.9. The zero-order valence-electron chi connectivity index (χ0n) is 32.7. The molecule has 6 heteroatoms. The quantitative estimate of drug-likeness (QED) is 0.175. The molecule has 0 fully saturated rings. The molecule has 4 aromatic heterocycles. The van der Waals surface area contributed by atoms with Gasteiger partial charge in [-0.3, -0.25) is 0 Å². The van der Waals surface area contributed by atoms with Gasteiger partial charge in [-0.05, 0) is 48.5 Å². The van der Waals surface area contributed by atoms with Crippen LogP contribution in [0.25, 0.3) is 122 Å². The van der Waals surface area contributed by atoms with Crippen molar-refractivity contribution in [2.75, 3.05) is 0 Å². The lowest BCUT2D eigenvalue weighted by Crippen LogP contribution is -2.00. The predicted molar refractivity (Wildman–Crippen MR) is 250 cm³/mol. The van der Waals surface area contributed by atoms with Gasteiger partial charge >= 0.3 is 0 Å². The molecule has 284 valence electrons. The van der Waals surface area contributed by atoms with E-state index < -0.39 is 0 Å². The van der Waals surface area contributed by atoms with E-state index in [2.05, 4.69) is 137 Å². The van der Waals surface area contributed by atoms with Gasteiger partial charge in [0, 0.05) is 65.5 Å². The molecule has 0 unspecified atom stereocenters. The number of para-hydroxylation sites is 3. The highest BCUT2D eigenvalue weighted by molar-refractivity contribution is 6.29.